The minimum absolute atomic E-state index is 0.100. The van der Waals surface area contributed by atoms with Gasteiger partial charge in [0.2, 0.25) is 0 Å². The van der Waals surface area contributed by atoms with Crippen LogP contribution >= 0.6 is 0 Å². The Labute approximate surface area is 203 Å². The SMILES string of the molecule is CC(=O)Oc1cccc2c1cc(C)n2C(=O)c1ccc(OC[C@H]2CN(C)c3ccccc3O2)cc1. The van der Waals surface area contributed by atoms with Gasteiger partial charge in [0.1, 0.15) is 30.0 Å². The van der Waals surface area contributed by atoms with Crippen LogP contribution in [0.25, 0.3) is 10.9 Å². The van der Waals surface area contributed by atoms with Crippen LogP contribution in [0.3, 0.4) is 0 Å². The summed E-state index contributed by atoms with van der Waals surface area (Å²) in [7, 11) is 2.04. The van der Waals surface area contributed by atoms with Crippen molar-refractivity contribution in [2.45, 2.75) is 20.0 Å². The molecule has 0 fully saturated rings. The predicted octanol–water partition coefficient (Wildman–Crippen LogP) is 4.84. The summed E-state index contributed by atoms with van der Waals surface area (Å²) in [5.74, 6) is 1.38. The molecule has 35 heavy (non-hydrogen) atoms. The molecule has 7 nitrogen and oxygen atoms in total. The number of benzene rings is 3. The van der Waals surface area contributed by atoms with Crippen molar-refractivity contribution in [2.24, 2.45) is 0 Å². The van der Waals surface area contributed by atoms with Crippen LogP contribution in [-0.4, -0.2) is 42.7 Å². The van der Waals surface area contributed by atoms with Gasteiger partial charge < -0.3 is 19.1 Å². The topological polar surface area (TPSA) is 70.0 Å². The minimum atomic E-state index is -0.403. The summed E-state index contributed by atoms with van der Waals surface area (Å²) in [6.07, 6.45) is -0.100. The molecule has 0 saturated carbocycles. The summed E-state index contributed by atoms with van der Waals surface area (Å²) >= 11 is 0. The number of carbonyl (C=O) groups excluding carboxylic acids is 2. The van der Waals surface area contributed by atoms with Crippen molar-refractivity contribution in [3.8, 4) is 17.2 Å². The second-order valence-electron chi connectivity index (χ2n) is 8.63. The lowest BCUT2D eigenvalue weighted by Gasteiger charge is -2.33. The van der Waals surface area contributed by atoms with Crippen LogP contribution in [0.1, 0.15) is 23.0 Å². The highest BCUT2D eigenvalue weighted by Crippen LogP contribution is 2.32. The molecule has 2 heterocycles. The third kappa shape index (κ3) is 4.45. The Balaban J connectivity index is 1.30. The van der Waals surface area contributed by atoms with Crippen LogP contribution < -0.4 is 19.1 Å². The van der Waals surface area contributed by atoms with Crippen molar-refractivity contribution in [2.75, 3.05) is 25.1 Å². The molecule has 0 radical (unpaired) electrons. The van der Waals surface area contributed by atoms with Gasteiger partial charge in [0, 0.05) is 30.6 Å². The summed E-state index contributed by atoms with van der Waals surface area (Å²) in [6, 6.07) is 22.2. The Bertz CT molecular complexity index is 1410. The average molecular weight is 471 g/mol. The molecule has 0 spiro atoms. The third-order valence-electron chi connectivity index (χ3n) is 6.03. The molecule has 0 saturated heterocycles. The average Bonchev–Trinajstić information content (AvgIpc) is 3.19. The standard InChI is InChI=1S/C28H26N2O5/c1-18-15-23-24(8-6-10-26(23)34-19(2)31)30(18)28(32)20-11-13-21(14-12-20)33-17-22-16-29(3)25-7-4-5-9-27(25)35-22/h4-15,22H,16-17H2,1-3H3/t22-/m1/s1. The van der Waals surface area contributed by atoms with E-state index < -0.39 is 5.97 Å². The summed E-state index contributed by atoms with van der Waals surface area (Å²) in [5.41, 5.74) is 3.03. The van der Waals surface area contributed by atoms with Crippen molar-refractivity contribution in [3.05, 3.63) is 84.1 Å². The van der Waals surface area contributed by atoms with E-state index >= 15 is 0 Å². The van der Waals surface area contributed by atoms with E-state index in [9.17, 15) is 9.59 Å². The molecule has 178 valence electrons. The molecule has 1 aliphatic rings. The maximum absolute atomic E-state index is 13.3. The van der Waals surface area contributed by atoms with E-state index in [2.05, 4.69) is 4.90 Å². The number of nitrogens with zero attached hydrogens (tertiary/aromatic N) is 2. The zero-order valence-corrected chi connectivity index (χ0v) is 19.9. The third-order valence-corrected chi connectivity index (χ3v) is 6.03. The number of carbonyl (C=O) groups is 2. The van der Waals surface area contributed by atoms with E-state index in [0.29, 0.717) is 34.6 Å². The quantitative estimate of drug-likeness (QED) is 0.307. The van der Waals surface area contributed by atoms with E-state index in [1.54, 1.807) is 41.0 Å². The van der Waals surface area contributed by atoms with Crippen LogP contribution in [0.2, 0.25) is 0 Å². The molecule has 0 N–H and O–H groups in total. The predicted molar refractivity (Wildman–Crippen MR) is 134 cm³/mol. The normalized spacial score (nSPS) is 14.8. The smallest absolute Gasteiger partial charge is 0.308 e. The molecule has 7 heteroatoms. The number of hydrogen-bond acceptors (Lipinski definition) is 6. The molecule has 0 amide bonds. The first-order valence-corrected chi connectivity index (χ1v) is 11.4. The number of likely N-dealkylation sites (N-methyl/N-ethyl adjacent to an activating group) is 1. The van der Waals surface area contributed by atoms with Crippen LogP contribution in [-0.2, 0) is 4.79 Å². The lowest BCUT2D eigenvalue weighted by Crippen LogP contribution is -2.41. The number of ether oxygens (including phenoxy) is 3. The van der Waals surface area contributed by atoms with Crippen molar-refractivity contribution in [1.29, 1.82) is 0 Å². The Morgan fingerprint density at radius 3 is 2.57 bits per heavy atom. The first kappa shape index (κ1) is 22.5. The van der Waals surface area contributed by atoms with E-state index in [1.807, 2.05) is 50.4 Å². The summed E-state index contributed by atoms with van der Waals surface area (Å²) in [5, 5.41) is 0.715. The van der Waals surface area contributed by atoms with Crippen molar-refractivity contribution < 1.29 is 23.8 Å². The largest absolute Gasteiger partial charge is 0.490 e. The fourth-order valence-corrected chi connectivity index (χ4v) is 4.44. The molecule has 5 rings (SSSR count). The zero-order chi connectivity index (χ0) is 24.5. The van der Waals surface area contributed by atoms with E-state index in [4.69, 9.17) is 14.2 Å². The summed E-state index contributed by atoms with van der Waals surface area (Å²) in [6.45, 7) is 4.33. The Morgan fingerprint density at radius 1 is 1.03 bits per heavy atom. The van der Waals surface area contributed by atoms with Gasteiger partial charge in [-0.15, -0.1) is 0 Å². The van der Waals surface area contributed by atoms with Crippen molar-refractivity contribution >= 4 is 28.5 Å². The summed E-state index contributed by atoms with van der Waals surface area (Å²) in [4.78, 5) is 26.9. The number of anilines is 1. The molecule has 0 bridgehead atoms. The van der Waals surface area contributed by atoms with Gasteiger partial charge in [-0.3, -0.25) is 14.2 Å². The number of rotatable bonds is 5. The maximum Gasteiger partial charge on any atom is 0.308 e. The Morgan fingerprint density at radius 2 is 1.80 bits per heavy atom. The summed E-state index contributed by atoms with van der Waals surface area (Å²) < 4.78 is 19.0. The van der Waals surface area contributed by atoms with Crippen LogP contribution in [0.5, 0.6) is 17.2 Å². The molecule has 0 unspecified atom stereocenters. The molecule has 1 atom stereocenters. The minimum Gasteiger partial charge on any atom is -0.490 e. The van der Waals surface area contributed by atoms with Gasteiger partial charge in [-0.1, -0.05) is 18.2 Å². The lowest BCUT2D eigenvalue weighted by atomic mass is 10.2. The van der Waals surface area contributed by atoms with Gasteiger partial charge in [0.05, 0.1) is 17.7 Å². The van der Waals surface area contributed by atoms with E-state index in [-0.39, 0.29) is 12.0 Å². The number of aromatic nitrogens is 1. The molecule has 4 aromatic rings. The highest BCUT2D eigenvalue weighted by molar-refractivity contribution is 6.04. The van der Waals surface area contributed by atoms with Gasteiger partial charge in [-0.05, 0) is 61.5 Å². The van der Waals surface area contributed by atoms with Crippen LogP contribution in [0.4, 0.5) is 5.69 Å². The fourth-order valence-electron chi connectivity index (χ4n) is 4.44. The number of hydrogen-bond donors (Lipinski definition) is 0. The molecule has 1 aromatic heterocycles. The second kappa shape index (κ2) is 9.18. The maximum atomic E-state index is 13.3. The van der Waals surface area contributed by atoms with Gasteiger partial charge in [0.15, 0.2) is 0 Å². The van der Waals surface area contributed by atoms with Crippen molar-refractivity contribution in [1.82, 2.24) is 4.57 Å². The highest BCUT2D eigenvalue weighted by Gasteiger charge is 2.24. The first-order chi connectivity index (χ1) is 16.9. The first-order valence-electron chi connectivity index (χ1n) is 11.4. The van der Waals surface area contributed by atoms with Gasteiger partial charge in [-0.2, -0.15) is 0 Å². The van der Waals surface area contributed by atoms with Gasteiger partial charge >= 0.3 is 5.97 Å². The number of para-hydroxylation sites is 2. The van der Waals surface area contributed by atoms with E-state index in [1.165, 1.54) is 6.92 Å². The molecular weight excluding hydrogens is 444 g/mol. The van der Waals surface area contributed by atoms with Crippen molar-refractivity contribution in [3.63, 3.8) is 0 Å². The zero-order valence-electron chi connectivity index (χ0n) is 19.9. The number of aryl methyl sites for hydroxylation is 1. The highest BCUT2D eigenvalue weighted by atomic mass is 16.5. The van der Waals surface area contributed by atoms with Crippen LogP contribution in [0.15, 0.2) is 72.8 Å². The number of esters is 1. The number of fused-ring (bicyclic) bond motifs is 2. The van der Waals surface area contributed by atoms with Gasteiger partial charge in [0.25, 0.3) is 5.91 Å². The monoisotopic (exact) mass is 470 g/mol. The van der Waals surface area contributed by atoms with Crippen LogP contribution in [0, 0.1) is 6.92 Å². The molecule has 0 aliphatic carbocycles. The molecular formula is C28H26N2O5. The fraction of sp³-hybridized carbons (Fsp3) is 0.214. The molecule has 3 aromatic carbocycles. The Hall–Kier alpha value is -4.26. The second-order valence-corrected chi connectivity index (χ2v) is 8.63. The lowest BCUT2D eigenvalue weighted by molar-refractivity contribution is -0.131. The van der Waals surface area contributed by atoms with Gasteiger partial charge in [-0.25, -0.2) is 0 Å². The Kier molecular flexibility index (Phi) is 5.91. The molecule has 1 aliphatic heterocycles. The van der Waals surface area contributed by atoms with E-state index in [0.717, 1.165) is 23.7 Å².